The molecule has 4 rings (SSSR count). The van der Waals surface area contributed by atoms with Crippen LogP contribution >= 0.6 is 0 Å². The van der Waals surface area contributed by atoms with Crippen molar-refractivity contribution in [2.75, 3.05) is 19.7 Å². The van der Waals surface area contributed by atoms with Gasteiger partial charge in [0.25, 0.3) is 0 Å². The number of para-hydroxylation sites is 1. The maximum Gasteiger partial charge on any atom is 0.244 e. The quantitative estimate of drug-likeness (QED) is 0.709. The predicted octanol–water partition coefficient (Wildman–Crippen LogP) is 1.85. The molecule has 0 saturated carbocycles. The lowest BCUT2D eigenvalue weighted by Gasteiger charge is -2.45. The summed E-state index contributed by atoms with van der Waals surface area (Å²) in [6, 6.07) is 17.6. The Balaban J connectivity index is 1.52. The fraction of sp³-hybridized carbons (Fsp3) is 0.364. The number of benzene rings is 2. The molecule has 2 N–H and O–H groups in total. The number of nitrogens with zero attached hydrogens (tertiary/aromatic N) is 3. The highest BCUT2D eigenvalue weighted by Gasteiger charge is 2.43. The Morgan fingerprint density at radius 1 is 1.14 bits per heavy atom. The number of hydrogen-bond acceptors (Lipinski definition) is 4. The topological polar surface area (TPSA) is 78.6 Å². The number of piperidine rings is 1. The SMILES string of the molecule is O=C(Cn1ncc2ccccc21)N1CC[C@@H](O)[C@@](CO)(Cc2ccccc2)C1. The van der Waals surface area contributed by atoms with Crippen LogP contribution in [0.2, 0.25) is 0 Å². The maximum atomic E-state index is 13.0. The van der Waals surface area contributed by atoms with Gasteiger partial charge in [-0.1, -0.05) is 48.5 Å². The summed E-state index contributed by atoms with van der Waals surface area (Å²) in [5.74, 6) is -0.0494. The summed E-state index contributed by atoms with van der Waals surface area (Å²) in [4.78, 5) is 14.7. The molecule has 146 valence electrons. The van der Waals surface area contributed by atoms with E-state index in [-0.39, 0.29) is 19.1 Å². The lowest BCUT2D eigenvalue weighted by Crippen LogP contribution is -2.56. The Morgan fingerprint density at radius 2 is 1.89 bits per heavy atom. The van der Waals surface area contributed by atoms with Crippen LogP contribution in [-0.2, 0) is 17.8 Å². The fourth-order valence-electron chi connectivity index (χ4n) is 4.13. The molecule has 0 aliphatic carbocycles. The molecule has 0 unspecified atom stereocenters. The third kappa shape index (κ3) is 3.53. The summed E-state index contributed by atoms with van der Waals surface area (Å²) in [7, 11) is 0. The smallest absolute Gasteiger partial charge is 0.244 e. The van der Waals surface area contributed by atoms with Crippen molar-refractivity contribution in [3.63, 3.8) is 0 Å². The molecule has 6 nitrogen and oxygen atoms in total. The molecule has 0 radical (unpaired) electrons. The van der Waals surface area contributed by atoms with Gasteiger partial charge in [0.05, 0.1) is 24.4 Å². The molecule has 1 aliphatic rings. The number of aliphatic hydroxyl groups is 2. The second-order valence-corrected chi connectivity index (χ2v) is 7.66. The maximum absolute atomic E-state index is 13.0. The lowest BCUT2D eigenvalue weighted by atomic mass is 9.73. The van der Waals surface area contributed by atoms with Gasteiger partial charge in [-0.05, 0) is 24.5 Å². The predicted molar refractivity (Wildman–Crippen MR) is 107 cm³/mol. The van der Waals surface area contributed by atoms with Gasteiger partial charge in [0.2, 0.25) is 5.91 Å². The van der Waals surface area contributed by atoms with E-state index in [4.69, 9.17) is 0 Å². The number of likely N-dealkylation sites (tertiary alicyclic amines) is 1. The molecule has 0 bridgehead atoms. The number of carbonyl (C=O) groups is 1. The lowest BCUT2D eigenvalue weighted by molar-refractivity contribution is -0.142. The van der Waals surface area contributed by atoms with Gasteiger partial charge in [-0.2, -0.15) is 5.10 Å². The van der Waals surface area contributed by atoms with Crippen LogP contribution in [0.4, 0.5) is 0 Å². The van der Waals surface area contributed by atoms with Crippen LogP contribution in [0.5, 0.6) is 0 Å². The number of aromatic nitrogens is 2. The van der Waals surface area contributed by atoms with E-state index in [1.165, 1.54) is 0 Å². The number of hydrogen-bond donors (Lipinski definition) is 2. The first-order valence-corrected chi connectivity index (χ1v) is 9.62. The first-order valence-electron chi connectivity index (χ1n) is 9.62. The van der Waals surface area contributed by atoms with E-state index in [1.807, 2.05) is 54.6 Å². The van der Waals surface area contributed by atoms with E-state index in [0.717, 1.165) is 16.5 Å². The van der Waals surface area contributed by atoms with Gasteiger partial charge in [-0.15, -0.1) is 0 Å². The molecule has 28 heavy (non-hydrogen) atoms. The molecule has 6 heteroatoms. The highest BCUT2D eigenvalue weighted by Crippen LogP contribution is 2.34. The number of aliphatic hydroxyl groups excluding tert-OH is 2. The Labute approximate surface area is 164 Å². The highest BCUT2D eigenvalue weighted by atomic mass is 16.3. The molecule has 1 saturated heterocycles. The monoisotopic (exact) mass is 379 g/mol. The molecule has 1 fully saturated rings. The van der Waals surface area contributed by atoms with Crippen molar-refractivity contribution in [2.45, 2.75) is 25.5 Å². The van der Waals surface area contributed by atoms with E-state index < -0.39 is 11.5 Å². The summed E-state index contributed by atoms with van der Waals surface area (Å²) < 4.78 is 1.71. The van der Waals surface area contributed by atoms with Crippen LogP contribution in [0.25, 0.3) is 10.9 Å². The van der Waals surface area contributed by atoms with E-state index in [0.29, 0.717) is 25.9 Å². The van der Waals surface area contributed by atoms with Crippen LogP contribution in [0.1, 0.15) is 12.0 Å². The van der Waals surface area contributed by atoms with Crippen molar-refractivity contribution in [3.8, 4) is 0 Å². The van der Waals surface area contributed by atoms with Crippen LogP contribution in [0, 0.1) is 5.41 Å². The fourth-order valence-corrected chi connectivity index (χ4v) is 4.13. The standard InChI is InChI=1S/C22H25N3O3/c26-16-22(12-17-6-2-1-3-7-17)15-24(11-10-20(22)27)21(28)14-25-19-9-5-4-8-18(19)13-23-25/h1-9,13,20,26-27H,10-12,14-16H2/t20-,22+/m1/s1. The summed E-state index contributed by atoms with van der Waals surface area (Å²) in [6.07, 6.45) is 2.10. The minimum Gasteiger partial charge on any atom is -0.396 e. The third-order valence-electron chi connectivity index (χ3n) is 5.79. The zero-order valence-electron chi connectivity index (χ0n) is 15.7. The van der Waals surface area contributed by atoms with Gasteiger partial charge >= 0.3 is 0 Å². The van der Waals surface area contributed by atoms with Gasteiger partial charge in [0.15, 0.2) is 0 Å². The van der Waals surface area contributed by atoms with E-state index >= 15 is 0 Å². The molecule has 3 aromatic rings. The highest BCUT2D eigenvalue weighted by molar-refractivity contribution is 5.82. The number of amides is 1. The molecular weight excluding hydrogens is 354 g/mol. The van der Waals surface area contributed by atoms with Gasteiger partial charge in [0.1, 0.15) is 6.54 Å². The molecule has 1 aliphatic heterocycles. The number of carbonyl (C=O) groups excluding carboxylic acids is 1. The summed E-state index contributed by atoms with van der Waals surface area (Å²) in [5, 5.41) is 26.2. The van der Waals surface area contributed by atoms with Crippen molar-refractivity contribution in [1.82, 2.24) is 14.7 Å². The van der Waals surface area contributed by atoms with Gasteiger partial charge < -0.3 is 15.1 Å². The largest absolute Gasteiger partial charge is 0.396 e. The minimum atomic E-state index is -0.749. The van der Waals surface area contributed by atoms with Crippen molar-refractivity contribution < 1.29 is 15.0 Å². The van der Waals surface area contributed by atoms with Crippen LogP contribution in [0.3, 0.4) is 0 Å². The molecule has 2 aromatic carbocycles. The number of fused-ring (bicyclic) bond motifs is 1. The molecule has 1 aromatic heterocycles. The third-order valence-corrected chi connectivity index (χ3v) is 5.79. The van der Waals surface area contributed by atoms with Crippen molar-refractivity contribution in [2.24, 2.45) is 5.41 Å². The second kappa shape index (κ2) is 7.73. The summed E-state index contributed by atoms with van der Waals surface area (Å²) in [6.45, 7) is 0.793. The normalized spacial score (nSPS) is 22.5. The second-order valence-electron chi connectivity index (χ2n) is 7.66. The molecule has 2 atom stereocenters. The Morgan fingerprint density at radius 3 is 2.68 bits per heavy atom. The van der Waals surface area contributed by atoms with E-state index in [1.54, 1.807) is 15.8 Å². The van der Waals surface area contributed by atoms with Crippen LogP contribution < -0.4 is 0 Å². The average Bonchev–Trinajstić information content (AvgIpc) is 3.13. The van der Waals surface area contributed by atoms with E-state index in [2.05, 4.69) is 5.10 Å². The van der Waals surface area contributed by atoms with E-state index in [9.17, 15) is 15.0 Å². The van der Waals surface area contributed by atoms with Gasteiger partial charge in [-0.25, -0.2) is 0 Å². The van der Waals surface area contributed by atoms with Crippen molar-refractivity contribution in [1.29, 1.82) is 0 Å². The molecular formula is C22H25N3O3. The minimum absolute atomic E-state index is 0.0494. The van der Waals surface area contributed by atoms with Crippen molar-refractivity contribution in [3.05, 3.63) is 66.4 Å². The number of rotatable bonds is 5. The Hall–Kier alpha value is -2.70. The zero-order chi connectivity index (χ0) is 19.6. The Bertz CT molecular complexity index is 956. The first-order chi connectivity index (χ1) is 13.6. The summed E-state index contributed by atoms with van der Waals surface area (Å²) >= 11 is 0. The molecule has 1 amide bonds. The van der Waals surface area contributed by atoms with Gasteiger partial charge in [0, 0.05) is 23.9 Å². The Kier molecular flexibility index (Phi) is 5.15. The molecule has 2 heterocycles. The average molecular weight is 379 g/mol. The van der Waals surface area contributed by atoms with Crippen molar-refractivity contribution >= 4 is 16.8 Å². The summed E-state index contributed by atoms with van der Waals surface area (Å²) in [5.41, 5.74) is 1.22. The van der Waals surface area contributed by atoms with Crippen LogP contribution in [-0.4, -0.2) is 56.6 Å². The zero-order valence-corrected chi connectivity index (χ0v) is 15.7. The molecule has 0 spiro atoms. The van der Waals surface area contributed by atoms with Crippen LogP contribution in [0.15, 0.2) is 60.8 Å². The first kappa shape index (κ1) is 18.7. The van der Waals surface area contributed by atoms with Gasteiger partial charge in [-0.3, -0.25) is 9.48 Å².